The second-order valence-electron chi connectivity index (χ2n) is 6.96. The average Bonchev–Trinajstić information content (AvgIpc) is 3.08. The van der Waals surface area contributed by atoms with Crippen LogP contribution in [0.15, 0.2) is 41.6 Å². The number of methoxy groups -OCH3 is 1. The minimum Gasteiger partial charge on any atom is -0.466 e. The first kappa shape index (κ1) is 19.3. The highest BCUT2D eigenvalue weighted by Gasteiger charge is 2.53. The molecule has 2 saturated heterocycles. The molecule has 4 rings (SSSR count). The van der Waals surface area contributed by atoms with Gasteiger partial charge in [0, 0.05) is 13.0 Å². The molecule has 0 amide bonds. The van der Waals surface area contributed by atoms with Gasteiger partial charge in [-0.2, -0.15) is 0 Å². The summed E-state index contributed by atoms with van der Waals surface area (Å²) in [5.74, 6) is -1.37. The van der Waals surface area contributed by atoms with Crippen LogP contribution < -0.4 is 5.32 Å². The number of ether oxygens (including phenoxy) is 4. The maximum atomic E-state index is 12.7. The highest BCUT2D eigenvalue weighted by Crippen LogP contribution is 2.43. The zero-order valence-corrected chi connectivity index (χ0v) is 16.6. The van der Waals surface area contributed by atoms with Crippen molar-refractivity contribution in [2.45, 2.75) is 31.3 Å². The molecule has 0 unspecified atom stereocenters. The van der Waals surface area contributed by atoms with E-state index in [9.17, 15) is 4.79 Å². The van der Waals surface area contributed by atoms with Crippen LogP contribution >= 0.6 is 12.2 Å². The molecule has 3 aliphatic heterocycles. The maximum absolute atomic E-state index is 12.7. The third-order valence-corrected chi connectivity index (χ3v) is 5.54. The number of thiocarbonyl (C=S) groups is 1. The van der Waals surface area contributed by atoms with Gasteiger partial charge < -0.3 is 29.2 Å². The fraction of sp³-hybridized carbons (Fsp3) is 0.500. The zero-order valence-electron chi connectivity index (χ0n) is 15.8. The van der Waals surface area contributed by atoms with Crippen molar-refractivity contribution in [3.05, 3.63) is 47.2 Å². The van der Waals surface area contributed by atoms with Gasteiger partial charge in [0.15, 0.2) is 5.11 Å². The van der Waals surface area contributed by atoms with Crippen molar-refractivity contribution in [3.63, 3.8) is 0 Å². The highest BCUT2D eigenvalue weighted by molar-refractivity contribution is 7.80. The van der Waals surface area contributed by atoms with Crippen molar-refractivity contribution < 1.29 is 23.7 Å². The van der Waals surface area contributed by atoms with Crippen molar-refractivity contribution in [2.24, 2.45) is 0 Å². The molecule has 1 aromatic carbocycles. The van der Waals surface area contributed by atoms with E-state index in [2.05, 4.69) is 5.32 Å². The molecule has 2 fully saturated rings. The van der Waals surface area contributed by atoms with E-state index in [0.717, 1.165) is 12.0 Å². The smallest absolute Gasteiger partial charge is 0.337 e. The topological polar surface area (TPSA) is 69.3 Å². The highest BCUT2D eigenvalue weighted by atomic mass is 32.1. The minimum absolute atomic E-state index is 0.271. The first-order chi connectivity index (χ1) is 13.6. The summed E-state index contributed by atoms with van der Waals surface area (Å²) in [6, 6.07) is 9.45. The number of nitrogens with zero attached hydrogens (tertiary/aromatic N) is 1. The number of carbonyl (C=O) groups is 1. The van der Waals surface area contributed by atoms with E-state index in [1.807, 2.05) is 35.2 Å². The lowest BCUT2D eigenvalue weighted by Gasteiger charge is -2.41. The SMILES string of the molecule is COC(=O)C1=C2N(CCC23OCCCO3)C(=S)N[C@H]1COCc1ccccc1. The predicted octanol–water partition coefficient (Wildman–Crippen LogP) is 1.73. The Morgan fingerprint density at radius 3 is 2.79 bits per heavy atom. The van der Waals surface area contributed by atoms with Gasteiger partial charge in [0.25, 0.3) is 0 Å². The molecule has 1 atom stereocenters. The van der Waals surface area contributed by atoms with E-state index in [4.69, 9.17) is 31.2 Å². The summed E-state index contributed by atoms with van der Waals surface area (Å²) in [7, 11) is 1.37. The van der Waals surface area contributed by atoms with Gasteiger partial charge in [0.05, 0.1) is 50.8 Å². The first-order valence-corrected chi connectivity index (χ1v) is 9.86. The largest absolute Gasteiger partial charge is 0.466 e. The fourth-order valence-electron chi connectivity index (χ4n) is 3.91. The second-order valence-corrected chi connectivity index (χ2v) is 7.35. The molecule has 1 spiro atoms. The van der Waals surface area contributed by atoms with E-state index in [1.165, 1.54) is 7.11 Å². The summed E-state index contributed by atoms with van der Waals surface area (Å²) in [5.41, 5.74) is 2.19. The van der Waals surface area contributed by atoms with Crippen LogP contribution in [0.25, 0.3) is 0 Å². The van der Waals surface area contributed by atoms with Crippen molar-refractivity contribution in [3.8, 4) is 0 Å². The molecule has 0 aliphatic carbocycles. The third-order valence-electron chi connectivity index (χ3n) is 5.20. The van der Waals surface area contributed by atoms with Crippen LogP contribution in [-0.2, 0) is 30.3 Å². The molecule has 3 heterocycles. The molecule has 28 heavy (non-hydrogen) atoms. The van der Waals surface area contributed by atoms with Crippen LogP contribution in [0.2, 0.25) is 0 Å². The van der Waals surface area contributed by atoms with Gasteiger partial charge in [0.2, 0.25) is 5.79 Å². The Labute approximate surface area is 169 Å². The standard InChI is InChI=1S/C20H24N2O5S/c1-24-18(23)16-15(13-25-12-14-6-3-2-4-7-14)21-19(28)22-9-8-20(17(16)22)26-10-5-11-27-20/h2-4,6-7,15H,5,8-13H2,1H3,(H,21,28)/t15-/m0/s1. The van der Waals surface area contributed by atoms with Crippen LogP contribution in [0, 0.1) is 0 Å². The normalized spacial score (nSPS) is 23.5. The molecular weight excluding hydrogens is 380 g/mol. The molecule has 0 aromatic heterocycles. The Bertz CT molecular complexity index is 776. The van der Waals surface area contributed by atoms with Gasteiger partial charge in [-0.3, -0.25) is 0 Å². The van der Waals surface area contributed by atoms with E-state index in [-0.39, 0.29) is 6.61 Å². The van der Waals surface area contributed by atoms with Crippen molar-refractivity contribution in [2.75, 3.05) is 33.5 Å². The Balaban J connectivity index is 1.62. The summed E-state index contributed by atoms with van der Waals surface area (Å²) in [4.78, 5) is 14.6. The molecule has 0 saturated carbocycles. The lowest BCUT2D eigenvalue weighted by molar-refractivity contribution is -0.240. The molecule has 8 heteroatoms. The van der Waals surface area contributed by atoms with Crippen molar-refractivity contribution in [1.82, 2.24) is 10.2 Å². The van der Waals surface area contributed by atoms with Gasteiger partial charge in [0.1, 0.15) is 0 Å². The molecule has 0 bridgehead atoms. The number of fused-ring (bicyclic) bond motifs is 2. The van der Waals surface area contributed by atoms with E-state index < -0.39 is 17.8 Å². The third kappa shape index (κ3) is 3.53. The summed E-state index contributed by atoms with van der Waals surface area (Å²) >= 11 is 5.55. The number of benzene rings is 1. The van der Waals surface area contributed by atoms with Crippen molar-refractivity contribution >= 4 is 23.3 Å². The molecule has 7 nitrogen and oxygen atoms in total. The number of nitrogens with one attached hydrogen (secondary N) is 1. The summed E-state index contributed by atoms with van der Waals surface area (Å²) in [6.45, 7) is 2.51. The van der Waals surface area contributed by atoms with Gasteiger partial charge >= 0.3 is 5.97 Å². The number of hydrogen-bond donors (Lipinski definition) is 1. The van der Waals surface area contributed by atoms with E-state index in [1.54, 1.807) is 0 Å². The number of rotatable bonds is 5. The lowest BCUT2D eigenvalue weighted by Crippen LogP contribution is -2.55. The average molecular weight is 404 g/mol. The Kier molecular flexibility index (Phi) is 5.63. The van der Waals surface area contributed by atoms with E-state index >= 15 is 0 Å². The van der Waals surface area contributed by atoms with Crippen LogP contribution in [0.1, 0.15) is 18.4 Å². The quantitative estimate of drug-likeness (QED) is 0.588. The summed E-state index contributed by atoms with van der Waals surface area (Å²) < 4.78 is 23.0. The molecule has 1 aromatic rings. The lowest BCUT2D eigenvalue weighted by atomic mass is 9.98. The van der Waals surface area contributed by atoms with Crippen LogP contribution in [0.4, 0.5) is 0 Å². The maximum Gasteiger partial charge on any atom is 0.337 e. The van der Waals surface area contributed by atoms with Gasteiger partial charge in [-0.25, -0.2) is 4.79 Å². The Hall–Kier alpha value is -2.00. The summed E-state index contributed by atoms with van der Waals surface area (Å²) in [6.07, 6.45) is 1.44. The zero-order chi connectivity index (χ0) is 19.6. The Morgan fingerprint density at radius 2 is 2.07 bits per heavy atom. The van der Waals surface area contributed by atoms with Crippen LogP contribution in [0.3, 0.4) is 0 Å². The van der Waals surface area contributed by atoms with E-state index in [0.29, 0.717) is 49.2 Å². The van der Waals surface area contributed by atoms with Gasteiger partial charge in [-0.15, -0.1) is 0 Å². The van der Waals surface area contributed by atoms with Gasteiger partial charge in [-0.1, -0.05) is 30.3 Å². The molecule has 3 aliphatic rings. The summed E-state index contributed by atoms with van der Waals surface area (Å²) in [5, 5.41) is 3.77. The van der Waals surface area contributed by atoms with Crippen LogP contribution in [-0.4, -0.2) is 61.3 Å². The molecular formula is C20H24N2O5S. The van der Waals surface area contributed by atoms with Crippen molar-refractivity contribution in [1.29, 1.82) is 0 Å². The second kappa shape index (κ2) is 8.16. The fourth-order valence-corrected chi connectivity index (χ4v) is 4.24. The first-order valence-electron chi connectivity index (χ1n) is 9.45. The predicted molar refractivity (Wildman–Crippen MR) is 105 cm³/mol. The number of carbonyl (C=O) groups excluding carboxylic acids is 1. The molecule has 0 radical (unpaired) electrons. The minimum atomic E-state index is -0.939. The number of esters is 1. The monoisotopic (exact) mass is 404 g/mol. The molecule has 150 valence electrons. The van der Waals surface area contributed by atoms with Crippen LogP contribution in [0.5, 0.6) is 0 Å². The van der Waals surface area contributed by atoms with Gasteiger partial charge in [-0.05, 0) is 24.2 Å². The molecule has 1 N–H and O–H groups in total. The Morgan fingerprint density at radius 1 is 1.32 bits per heavy atom. The number of hydrogen-bond acceptors (Lipinski definition) is 6.